The second-order valence-corrected chi connectivity index (χ2v) is 5.42. The number of hydrogen-bond acceptors (Lipinski definition) is 4. The Morgan fingerprint density at radius 3 is 2.45 bits per heavy atom. The molecule has 0 aliphatic carbocycles. The monoisotopic (exact) mass is 299 g/mol. The van der Waals surface area contributed by atoms with Crippen LogP contribution >= 0.6 is 11.6 Å². The third kappa shape index (κ3) is 5.09. The summed E-state index contributed by atoms with van der Waals surface area (Å²) >= 11 is 5.33. The molecule has 5 nitrogen and oxygen atoms in total. The highest BCUT2D eigenvalue weighted by Crippen LogP contribution is 2.18. The van der Waals surface area contributed by atoms with E-state index in [9.17, 15) is 9.59 Å². The van der Waals surface area contributed by atoms with Crippen molar-refractivity contribution < 1.29 is 19.1 Å². The highest BCUT2D eigenvalue weighted by Gasteiger charge is 2.17. The lowest BCUT2D eigenvalue weighted by Gasteiger charge is -2.20. The first-order valence-electron chi connectivity index (χ1n) is 6.06. The number of rotatable bonds is 3. The van der Waals surface area contributed by atoms with Gasteiger partial charge in [0.25, 0.3) is 0 Å². The lowest BCUT2D eigenvalue weighted by atomic mass is 10.1. The van der Waals surface area contributed by atoms with Gasteiger partial charge in [0, 0.05) is 5.69 Å². The smallest absolute Gasteiger partial charge is 0.412 e. The number of esters is 1. The molecule has 0 spiro atoms. The molecule has 1 aromatic carbocycles. The number of halogens is 1. The molecule has 6 heteroatoms. The zero-order valence-corrected chi connectivity index (χ0v) is 12.7. The van der Waals surface area contributed by atoms with Gasteiger partial charge in [-0.3, -0.25) is 5.32 Å². The van der Waals surface area contributed by atoms with Gasteiger partial charge in [-0.1, -0.05) is 11.6 Å². The molecule has 1 rings (SSSR count). The third-order valence-electron chi connectivity index (χ3n) is 2.28. The fourth-order valence-corrected chi connectivity index (χ4v) is 1.58. The van der Waals surface area contributed by atoms with Crippen molar-refractivity contribution in [2.45, 2.75) is 33.3 Å². The third-order valence-corrected chi connectivity index (χ3v) is 2.39. The van der Waals surface area contributed by atoms with Crippen molar-refractivity contribution in [2.75, 3.05) is 11.4 Å². The molecule has 20 heavy (non-hydrogen) atoms. The van der Waals surface area contributed by atoms with Crippen LogP contribution in [-0.2, 0) is 9.47 Å². The minimum absolute atomic E-state index is 0.199. The first kappa shape index (κ1) is 16.3. The van der Waals surface area contributed by atoms with E-state index >= 15 is 0 Å². The van der Waals surface area contributed by atoms with Gasteiger partial charge >= 0.3 is 12.1 Å². The Morgan fingerprint density at radius 1 is 1.30 bits per heavy atom. The van der Waals surface area contributed by atoms with Crippen molar-refractivity contribution in [2.24, 2.45) is 0 Å². The van der Waals surface area contributed by atoms with Crippen molar-refractivity contribution in [3.05, 3.63) is 29.3 Å². The molecular formula is C14H18ClNO4. The Morgan fingerprint density at radius 2 is 1.95 bits per heavy atom. The summed E-state index contributed by atoms with van der Waals surface area (Å²) in [5.41, 5.74) is 1.10. The number of ether oxygens (including phenoxy) is 2. The number of nitrogens with one attached hydrogen (secondary N) is 1. The summed E-state index contributed by atoms with van der Waals surface area (Å²) in [6.45, 7) is 7.12. The van der Waals surface area contributed by atoms with Gasteiger partial charge in [-0.05, 0) is 51.5 Å². The lowest BCUT2D eigenvalue weighted by molar-refractivity contribution is 0.0573. The number of benzene rings is 1. The minimum Gasteiger partial charge on any atom is -0.446 e. The average Bonchev–Trinajstić information content (AvgIpc) is 2.29. The molecule has 0 saturated carbocycles. The van der Waals surface area contributed by atoms with Crippen LogP contribution in [0, 0.1) is 6.92 Å². The van der Waals surface area contributed by atoms with E-state index in [1.807, 2.05) is 0 Å². The standard InChI is InChI=1S/C14H18ClNO4/c1-9-7-10(12(17)19-8-15)5-6-11(9)16-13(18)20-14(2,3)4/h5-7H,8H2,1-4H3,(H,16,18). The molecule has 0 heterocycles. The maximum absolute atomic E-state index is 11.7. The summed E-state index contributed by atoms with van der Waals surface area (Å²) in [6, 6.07) is 4.58. The van der Waals surface area contributed by atoms with E-state index in [-0.39, 0.29) is 6.07 Å². The normalized spacial score (nSPS) is 10.8. The molecule has 0 bridgehead atoms. The molecule has 0 radical (unpaired) electrons. The number of amides is 1. The van der Waals surface area contributed by atoms with Crippen LogP contribution in [0.1, 0.15) is 36.7 Å². The predicted octanol–water partition coefficient (Wildman–Crippen LogP) is 3.70. The maximum atomic E-state index is 11.7. The SMILES string of the molecule is Cc1cc(C(=O)OCCl)ccc1NC(=O)OC(C)(C)C. The zero-order valence-electron chi connectivity index (χ0n) is 12.0. The van der Waals surface area contributed by atoms with E-state index in [4.69, 9.17) is 16.3 Å². The van der Waals surface area contributed by atoms with E-state index in [1.54, 1.807) is 45.9 Å². The van der Waals surface area contributed by atoms with Crippen molar-refractivity contribution in [1.29, 1.82) is 0 Å². The summed E-state index contributed by atoms with van der Waals surface area (Å²) in [5, 5.41) is 2.63. The molecule has 1 N–H and O–H groups in total. The predicted molar refractivity (Wildman–Crippen MR) is 77.2 cm³/mol. The van der Waals surface area contributed by atoms with Gasteiger partial charge < -0.3 is 9.47 Å². The summed E-state index contributed by atoms with van der Waals surface area (Å²) < 4.78 is 9.84. The summed E-state index contributed by atoms with van der Waals surface area (Å²) in [7, 11) is 0. The zero-order chi connectivity index (χ0) is 15.3. The van der Waals surface area contributed by atoms with Gasteiger partial charge in [-0.15, -0.1) is 0 Å². The molecule has 0 aromatic heterocycles. The van der Waals surface area contributed by atoms with Crippen LogP contribution in [0.3, 0.4) is 0 Å². The highest BCUT2D eigenvalue weighted by molar-refractivity contribution is 6.17. The maximum Gasteiger partial charge on any atom is 0.412 e. The van der Waals surface area contributed by atoms with Crippen molar-refractivity contribution >= 4 is 29.4 Å². The molecule has 0 aliphatic rings. The molecule has 0 aliphatic heterocycles. The van der Waals surface area contributed by atoms with Crippen LogP contribution in [0.15, 0.2) is 18.2 Å². The van der Waals surface area contributed by atoms with Crippen molar-refractivity contribution in [3.8, 4) is 0 Å². The van der Waals surface area contributed by atoms with E-state index in [0.29, 0.717) is 11.3 Å². The highest BCUT2D eigenvalue weighted by atomic mass is 35.5. The van der Waals surface area contributed by atoms with E-state index in [1.165, 1.54) is 0 Å². The summed E-state index contributed by atoms with van der Waals surface area (Å²) in [5.74, 6) is -0.507. The summed E-state index contributed by atoms with van der Waals surface area (Å²) in [4.78, 5) is 23.2. The van der Waals surface area contributed by atoms with Gasteiger partial charge in [0.1, 0.15) is 5.60 Å². The lowest BCUT2D eigenvalue weighted by Crippen LogP contribution is -2.27. The minimum atomic E-state index is -0.567. The second kappa shape index (κ2) is 6.61. The topological polar surface area (TPSA) is 64.6 Å². The Hall–Kier alpha value is -1.75. The van der Waals surface area contributed by atoms with Gasteiger partial charge in [0.05, 0.1) is 5.56 Å². The molecule has 0 saturated heterocycles. The Labute approximate surface area is 123 Å². The number of carbonyl (C=O) groups excluding carboxylic acids is 2. The van der Waals surface area contributed by atoms with Crippen molar-refractivity contribution in [1.82, 2.24) is 0 Å². The van der Waals surface area contributed by atoms with Gasteiger partial charge in [0.2, 0.25) is 0 Å². The van der Waals surface area contributed by atoms with E-state index < -0.39 is 17.7 Å². The summed E-state index contributed by atoms with van der Waals surface area (Å²) in [6.07, 6.45) is -0.545. The second-order valence-electron chi connectivity index (χ2n) is 5.20. The number of carbonyl (C=O) groups is 2. The van der Waals surface area contributed by atoms with Crippen LogP contribution in [0.5, 0.6) is 0 Å². The van der Waals surface area contributed by atoms with E-state index in [0.717, 1.165) is 5.56 Å². The molecule has 0 atom stereocenters. The van der Waals surface area contributed by atoms with Crippen LogP contribution in [0.2, 0.25) is 0 Å². The van der Waals surface area contributed by atoms with Crippen LogP contribution in [0.25, 0.3) is 0 Å². The van der Waals surface area contributed by atoms with Gasteiger partial charge in [-0.25, -0.2) is 9.59 Å². The number of anilines is 1. The Bertz CT molecular complexity index is 508. The first-order chi connectivity index (χ1) is 9.23. The fourth-order valence-electron chi connectivity index (χ4n) is 1.48. The molecular weight excluding hydrogens is 282 g/mol. The molecule has 1 amide bonds. The first-order valence-corrected chi connectivity index (χ1v) is 6.60. The fraction of sp³-hybridized carbons (Fsp3) is 0.429. The Kier molecular flexibility index (Phi) is 5.39. The molecule has 0 fully saturated rings. The largest absolute Gasteiger partial charge is 0.446 e. The van der Waals surface area contributed by atoms with Crippen LogP contribution in [-0.4, -0.2) is 23.7 Å². The van der Waals surface area contributed by atoms with Gasteiger partial charge in [0.15, 0.2) is 6.07 Å². The van der Waals surface area contributed by atoms with Crippen molar-refractivity contribution in [3.63, 3.8) is 0 Å². The molecule has 1 aromatic rings. The van der Waals surface area contributed by atoms with Crippen LogP contribution < -0.4 is 5.32 Å². The Balaban J connectivity index is 2.79. The quantitative estimate of drug-likeness (QED) is 0.683. The number of alkyl halides is 1. The van der Waals surface area contributed by atoms with Gasteiger partial charge in [-0.2, -0.15) is 0 Å². The van der Waals surface area contributed by atoms with E-state index in [2.05, 4.69) is 10.1 Å². The van der Waals surface area contributed by atoms with Crippen LogP contribution in [0.4, 0.5) is 10.5 Å². The number of aryl methyl sites for hydroxylation is 1. The molecule has 110 valence electrons. The average molecular weight is 300 g/mol. The number of hydrogen-bond donors (Lipinski definition) is 1. The molecule has 0 unspecified atom stereocenters.